The predicted octanol–water partition coefficient (Wildman–Crippen LogP) is 5.03. The van der Waals surface area contributed by atoms with Crippen molar-refractivity contribution in [1.29, 1.82) is 0 Å². The summed E-state index contributed by atoms with van der Waals surface area (Å²) in [4.78, 5) is 14.3. The summed E-state index contributed by atoms with van der Waals surface area (Å²) in [7, 11) is -2.77. The van der Waals surface area contributed by atoms with Gasteiger partial charge in [0.05, 0.1) is 18.1 Å². The van der Waals surface area contributed by atoms with Crippen LogP contribution in [-0.4, -0.2) is 49.0 Å². The molecular formula is C23H39N3O4Si. The van der Waals surface area contributed by atoms with Gasteiger partial charge in [-0.25, -0.2) is 4.79 Å². The number of rotatable bonds is 6. The fourth-order valence-electron chi connectivity index (χ4n) is 3.11. The van der Waals surface area contributed by atoms with E-state index in [4.69, 9.17) is 20.4 Å². The number of nitrogens with zero attached hydrogens (tertiary/aromatic N) is 2. The van der Waals surface area contributed by atoms with Gasteiger partial charge in [-0.05, 0) is 62.9 Å². The van der Waals surface area contributed by atoms with Crippen molar-refractivity contribution in [2.24, 2.45) is 10.9 Å². The van der Waals surface area contributed by atoms with Crippen LogP contribution in [0.15, 0.2) is 23.4 Å². The number of oxime groups is 1. The Labute approximate surface area is 193 Å². The second-order valence-corrected chi connectivity index (χ2v) is 15.1. The minimum atomic E-state index is -2.89. The SMILES string of the molecule is [2H]C([2H])(O[Si](C)(C)C(C)(C)C)C([2H])([2H])N(C(=O)OC(C)(C)C)[C@H]1CCc2c(/C(N)=N\O)cccc21. The first-order valence-electron chi connectivity index (χ1n) is 12.5. The summed E-state index contributed by atoms with van der Waals surface area (Å²) in [6.07, 6.45) is -0.259. The normalized spacial score (nSPS) is 20.3. The molecule has 1 aliphatic rings. The predicted molar refractivity (Wildman–Crippen MR) is 126 cm³/mol. The second kappa shape index (κ2) is 9.20. The van der Waals surface area contributed by atoms with Crippen molar-refractivity contribution in [2.75, 3.05) is 13.1 Å². The molecule has 0 radical (unpaired) electrons. The van der Waals surface area contributed by atoms with E-state index in [1.54, 1.807) is 39.0 Å². The summed E-state index contributed by atoms with van der Waals surface area (Å²) in [5, 5.41) is 11.9. The lowest BCUT2D eigenvalue weighted by atomic mass is 10.0. The van der Waals surface area contributed by atoms with Crippen molar-refractivity contribution in [2.45, 2.75) is 84.2 Å². The van der Waals surface area contributed by atoms with Gasteiger partial charge >= 0.3 is 6.09 Å². The third-order valence-electron chi connectivity index (χ3n) is 5.80. The fraction of sp³-hybridized carbons (Fsp3) is 0.652. The van der Waals surface area contributed by atoms with Gasteiger partial charge in [0.25, 0.3) is 0 Å². The van der Waals surface area contributed by atoms with Crippen molar-refractivity contribution >= 4 is 20.2 Å². The maximum absolute atomic E-state index is 13.5. The minimum absolute atomic E-state index is 0.0917. The molecule has 0 unspecified atom stereocenters. The van der Waals surface area contributed by atoms with Crippen LogP contribution in [-0.2, 0) is 15.6 Å². The van der Waals surface area contributed by atoms with Gasteiger partial charge in [0.2, 0.25) is 0 Å². The quantitative estimate of drug-likeness (QED) is 0.207. The molecule has 1 atom stereocenters. The molecule has 1 aromatic rings. The number of benzene rings is 1. The molecule has 1 aromatic carbocycles. The molecule has 0 fully saturated rings. The number of amides is 1. The van der Waals surface area contributed by atoms with Gasteiger partial charge in [0, 0.05) is 12.1 Å². The zero-order chi connectivity index (χ0) is 27.2. The summed E-state index contributed by atoms with van der Waals surface area (Å²) < 4.78 is 46.7. The van der Waals surface area contributed by atoms with E-state index in [9.17, 15) is 10.0 Å². The summed E-state index contributed by atoms with van der Waals surface area (Å²) in [6, 6.07) is 4.25. The lowest BCUT2D eigenvalue weighted by Crippen LogP contribution is -2.45. The van der Waals surface area contributed by atoms with Crippen LogP contribution in [0.25, 0.3) is 0 Å². The highest BCUT2D eigenvalue weighted by Crippen LogP contribution is 2.39. The van der Waals surface area contributed by atoms with Crippen molar-refractivity contribution < 1.29 is 24.6 Å². The molecule has 0 aromatic heterocycles. The summed E-state index contributed by atoms with van der Waals surface area (Å²) >= 11 is 0. The average Bonchev–Trinajstić information content (AvgIpc) is 3.07. The highest BCUT2D eigenvalue weighted by atomic mass is 28.4. The molecule has 3 N–H and O–H groups in total. The molecule has 1 amide bonds. The van der Waals surface area contributed by atoms with E-state index in [2.05, 4.69) is 5.16 Å². The first-order valence-corrected chi connectivity index (χ1v) is 13.4. The summed E-state index contributed by atoms with van der Waals surface area (Å²) in [5.74, 6) is -0.0917. The maximum atomic E-state index is 13.5. The molecule has 1 aliphatic carbocycles. The van der Waals surface area contributed by atoms with E-state index >= 15 is 0 Å². The summed E-state index contributed by atoms with van der Waals surface area (Å²) in [6.45, 7) is 8.72. The van der Waals surface area contributed by atoms with E-state index in [0.717, 1.165) is 4.90 Å². The van der Waals surface area contributed by atoms with Crippen LogP contribution < -0.4 is 5.73 Å². The van der Waals surface area contributed by atoms with E-state index in [-0.39, 0.29) is 10.9 Å². The van der Waals surface area contributed by atoms with Gasteiger partial charge in [-0.1, -0.05) is 44.1 Å². The Balaban J connectivity index is 2.64. The average molecular weight is 454 g/mol. The number of carbonyl (C=O) groups excluding carboxylic acids is 1. The van der Waals surface area contributed by atoms with Crippen LogP contribution in [0.3, 0.4) is 0 Å². The zero-order valence-corrected chi connectivity index (χ0v) is 20.9. The van der Waals surface area contributed by atoms with Gasteiger partial charge < -0.3 is 20.1 Å². The number of hydrogen-bond donors (Lipinski definition) is 2. The van der Waals surface area contributed by atoms with Crippen molar-refractivity contribution in [3.05, 3.63) is 34.9 Å². The van der Waals surface area contributed by atoms with Gasteiger partial charge in [0.15, 0.2) is 14.2 Å². The van der Waals surface area contributed by atoms with Gasteiger partial charge in [-0.3, -0.25) is 4.90 Å². The Morgan fingerprint density at radius 2 is 1.97 bits per heavy atom. The molecule has 0 spiro atoms. The number of nitrogens with two attached hydrogens (primary N) is 1. The van der Waals surface area contributed by atoms with Gasteiger partial charge in [-0.15, -0.1) is 0 Å². The largest absolute Gasteiger partial charge is 0.444 e. The molecule has 2 rings (SSSR count). The third-order valence-corrected chi connectivity index (χ3v) is 10.0. The van der Waals surface area contributed by atoms with Crippen molar-refractivity contribution in [3.63, 3.8) is 0 Å². The second-order valence-electron chi connectivity index (χ2n) is 10.3. The monoisotopic (exact) mass is 453 g/mol. The molecule has 0 saturated heterocycles. The lowest BCUT2D eigenvalue weighted by molar-refractivity contribution is 0.0125. The van der Waals surface area contributed by atoms with Gasteiger partial charge in [0.1, 0.15) is 5.60 Å². The van der Waals surface area contributed by atoms with Crippen LogP contribution in [0, 0.1) is 0 Å². The molecular weight excluding hydrogens is 410 g/mol. The molecule has 0 saturated carbocycles. The standard InChI is InChI=1S/C23H39N3O4Si/c1-22(2,3)30-21(27)26(14-15-29-31(7,8)23(4,5)6)19-13-12-16-17(19)10-9-11-18(16)20(24)25-28/h9-11,19,28H,12-15H2,1-8H3,(H2,24,25)/t19-/m0/s1/i14D2,15D2. The van der Waals surface area contributed by atoms with Crippen LogP contribution in [0.5, 0.6) is 0 Å². The zero-order valence-electron chi connectivity index (χ0n) is 23.9. The first-order chi connectivity index (χ1) is 15.7. The Morgan fingerprint density at radius 1 is 1.32 bits per heavy atom. The highest BCUT2D eigenvalue weighted by molar-refractivity contribution is 6.74. The van der Waals surface area contributed by atoms with E-state index in [1.165, 1.54) is 0 Å². The Kier molecular flexibility index (Phi) is 5.82. The molecule has 8 heteroatoms. The first kappa shape index (κ1) is 19.6. The summed E-state index contributed by atoms with van der Waals surface area (Å²) in [5.41, 5.74) is 6.69. The smallest absolute Gasteiger partial charge is 0.410 e. The third kappa shape index (κ3) is 6.01. The Bertz CT molecular complexity index is 988. The maximum Gasteiger partial charge on any atom is 0.410 e. The number of fused-ring (bicyclic) bond motifs is 1. The highest BCUT2D eigenvalue weighted by Gasteiger charge is 2.39. The lowest BCUT2D eigenvalue weighted by Gasteiger charge is -2.38. The molecule has 174 valence electrons. The Hall–Kier alpha value is -2.06. The molecule has 0 aliphatic heterocycles. The van der Waals surface area contributed by atoms with Gasteiger partial charge in [-0.2, -0.15) is 0 Å². The van der Waals surface area contributed by atoms with Crippen LogP contribution >= 0.6 is 0 Å². The van der Waals surface area contributed by atoms with Crippen LogP contribution in [0.2, 0.25) is 18.1 Å². The molecule has 0 heterocycles. The number of carbonyl (C=O) groups is 1. The van der Waals surface area contributed by atoms with E-state index < -0.39 is 39.1 Å². The van der Waals surface area contributed by atoms with Crippen molar-refractivity contribution in [3.8, 4) is 0 Å². The van der Waals surface area contributed by atoms with Crippen LogP contribution in [0.4, 0.5) is 4.79 Å². The number of amidine groups is 1. The number of hydrogen-bond acceptors (Lipinski definition) is 5. The van der Waals surface area contributed by atoms with E-state index in [1.807, 2.05) is 33.9 Å². The molecule has 7 nitrogen and oxygen atoms in total. The van der Waals surface area contributed by atoms with Crippen molar-refractivity contribution in [1.82, 2.24) is 4.90 Å². The Morgan fingerprint density at radius 3 is 2.52 bits per heavy atom. The number of ether oxygens (including phenoxy) is 1. The van der Waals surface area contributed by atoms with E-state index in [0.29, 0.717) is 29.5 Å². The molecule has 0 bridgehead atoms. The fourth-order valence-corrected chi connectivity index (χ4v) is 3.72. The molecule has 31 heavy (non-hydrogen) atoms. The van der Waals surface area contributed by atoms with Crippen LogP contribution in [0.1, 0.15) is 76.2 Å². The topological polar surface area (TPSA) is 97.4 Å². The minimum Gasteiger partial charge on any atom is -0.444 e.